The molecular weight excluding hydrogens is 358 g/mol. The monoisotopic (exact) mass is 381 g/mol. The smallest absolute Gasteiger partial charge is 0.225 e. The number of aliphatic hydroxyl groups excluding tert-OH is 1. The highest BCUT2D eigenvalue weighted by atomic mass is 16.5. The molecule has 0 amide bonds. The van der Waals surface area contributed by atoms with E-state index < -0.39 is 0 Å². The largest absolute Gasteiger partial charge is 0.497 e. The van der Waals surface area contributed by atoms with Crippen molar-refractivity contribution < 1.29 is 14.6 Å². The standard InChI is InChI=1S/C20H23N5O3/c1-27-15-10-14(11-16(12-15)28-2)23-19-13-18(17-6-3-4-7-21-17)24-20(25-19)22-8-5-9-26/h3-4,6-7,10-13,26H,5,8-9H2,1-2H3,(H2,22,23,24,25). The van der Waals surface area contributed by atoms with Crippen LogP contribution < -0.4 is 20.1 Å². The van der Waals surface area contributed by atoms with Gasteiger partial charge in [0.05, 0.1) is 25.6 Å². The number of pyridine rings is 1. The summed E-state index contributed by atoms with van der Waals surface area (Å²) >= 11 is 0. The van der Waals surface area contributed by atoms with Crippen LogP contribution in [0.1, 0.15) is 6.42 Å². The van der Waals surface area contributed by atoms with Crippen molar-refractivity contribution in [2.24, 2.45) is 0 Å². The summed E-state index contributed by atoms with van der Waals surface area (Å²) in [6.45, 7) is 0.663. The number of benzene rings is 1. The van der Waals surface area contributed by atoms with Crippen molar-refractivity contribution in [1.82, 2.24) is 15.0 Å². The van der Waals surface area contributed by atoms with E-state index in [2.05, 4.69) is 25.6 Å². The number of anilines is 3. The van der Waals surface area contributed by atoms with Crippen molar-refractivity contribution in [3.63, 3.8) is 0 Å². The molecule has 2 heterocycles. The van der Waals surface area contributed by atoms with E-state index in [1.54, 1.807) is 26.5 Å². The molecular formula is C20H23N5O3. The molecule has 0 aliphatic carbocycles. The third kappa shape index (κ3) is 5.08. The molecule has 3 rings (SSSR count). The van der Waals surface area contributed by atoms with E-state index in [0.717, 1.165) is 11.4 Å². The minimum absolute atomic E-state index is 0.0989. The van der Waals surface area contributed by atoms with Crippen LogP contribution in [0.25, 0.3) is 11.4 Å². The first-order valence-electron chi connectivity index (χ1n) is 8.87. The number of hydrogen-bond acceptors (Lipinski definition) is 8. The Morgan fingerprint density at radius 3 is 2.39 bits per heavy atom. The minimum atomic E-state index is 0.0989. The van der Waals surface area contributed by atoms with Gasteiger partial charge in [0.2, 0.25) is 5.95 Å². The third-order valence-electron chi connectivity index (χ3n) is 3.90. The van der Waals surface area contributed by atoms with Crippen LogP contribution in [0.15, 0.2) is 48.7 Å². The summed E-state index contributed by atoms with van der Waals surface area (Å²) < 4.78 is 10.6. The zero-order chi connectivity index (χ0) is 19.8. The number of aromatic nitrogens is 3. The van der Waals surface area contributed by atoms with Gasteiger partial charge in [0.25, 0.3) is 0 Å². The third-order valence-corrected chi connectivity index (χ3v) is 3.90. The summed E-state index contributed by atoms with van der Waals surface area (Å²) in [5.74, 6) is 2.38. The van der Waals surface area contributed by atoms with E-state index in [-0.39, 0.29) is 6.61 Å². The Morgan fingerprint density at radius 1 is 0.964 bits per heavy atom. The van der Waals surface area contributed by atoms with Gasteiger partial charge in [-0.05, 0) is 18.6 Å². The summed E-state index contributed by atoms with van der Waals surface area (Å²) in [7, 11) is 3.21. The number of nitrogens with one attached hydrogen (secondary N) is 2. The van der Waals surface area contributed by atoms with Crippen LogP contribution in [-0.4, -0.2) is 47.4 Å². The van der Waals surface area contributed by atoms with E-state index in [1.165, 1.54) is 0 Å². The van der Waals surface area contributed by atoms with Crippen LogP contribution in [0.4, 0.5) is 17.5 Å². The van der Waals surface area contributed by atoms with E-state index in [0.29, 0.717) is 41.9 Å². The molecule has 0 saturated heterocycles. The molecule has 3 aromatic rings. The lowest BCUT2D eigenvalue weighted by molar-refractivity contribution is 0.292. The maximum atomic E-state index is 9.00. The molecule has 0 spiro atoms. The van der Waals surface area contributed by atoms with Gasteiger partial charge in [-0.2, -0.15) is 4.98 Å². The van der Waals surface area contributed by atoms with Gasteiger partial charge in [-0.3, -0.25) is 4.98 Å². The van der Waals surface area contributed by atoms with Crippen molar-refractivity contribution in [3.05, 3.63) is 48.7 Å². The second-order valence-corrected chi connectivity index (χ2v) is 5.91. The predicted octanol–water partition coefficient (Wildman–Crippen LogP) is 3.09. The molecule has 0 fully saturated rings. The number of methoxy groups -OCH3 is 2. The van der Waals surface area contributed by atoms with Gasteiger partial charge < -0.3 is 25.2 Å². The maximum Gasteiger partial charge on any atom is 0.225 e. The first-order valence-corrected chi connectivity index (χ1v) is 8.87. The molecule has 1 aromatic carbocycles. The molecule has 0 saturated carbocycles. The van der Waals surface area contributed by atoms with E-state index in [9.17, 15) is 0 Å². The Hall–Kier alpha value is -3.39. The van der Waals surface area contributed by atoms with Gasteiger partial charge in [-0.25, -0.2) is 4.98 Å². The molecule has 0 radical (unpaired) electrons. The molecule has 146 valence electrons. The topological polar surface area (TPSA) is 101 Å². The molecule has 3 N–H and O–H groups in total. The molecule has 0 atom stereocenters. The van der Waals surface area contributed by atoms with Gasteiger partial charge in [-0.15, -0.1) is 0 Å². The van der Waals surface area contributed by atoms with Gasteiger partial charge in [0.1, 0.15) is 17.3 Å². The second-order valence-electron chi connectivity index (χ2n) is 5.91. The fourth-order valence-corrected chi connectivity index (χ4v) is 2.54. The first kappa shape index (κ1) is 19.4. The summed E-state index contributed by atoms with van der Waals surface area (Å²) in [6.07, 6.45) is 2.32. The van der Waals surface area contributed by atoms with Gasteiger partial charge in [0, 0.05) is 49.3 Å². The molecule has 8 heteroatoms. The lowest BCUT2D eigenvalue weighted by Gasteiger charge is -2.13. The first-order chi connectivity index (χ1) is 13.7. The van der Waals surface area contributed by atoms with E-state index in [1.807, 2.05) is 36.4 Å². The van der Waals surface area contributed by atoms with Crippen LogP contribution in [-0.2, 0) is 0 Å². The molecule has 0 aliphatic rings. The Balaban J connectivity index is 1.94. The summed E-state index contributed by atoms with van der Waals surface area (Å²) in [5.41, 5.74) is 2.18. The zero-order valence-corrected chi connectivity index (χ0v) is 15.8. The van der Waals surface area contributed by atoms with Crippen molar-refractivity contribution in [2.75, 3.05) is 38.0 Å². The maximum absolute atomic E-state index is 9.00. The molecule has 8 nitrogen and oxygen atoms in total. The molecule has 2 aromatic heterocycles. The van der Waals surface area contributed by atoms with Crippen LogP contribution in [0.3, 0.4) is 0 Å². The Labute approximate surface area is 163 Å². The lowest BCUT2D eigenvalue weighted by atomic mass is 10.2. The highest BCUT2D eigenvalue weighted by molar-refractivity contribution is 5.67. The average Bonchev–Trinajstić information content (AvgIpc) is 2.74. The zero-order valence-electron chi connectivity index (χ0n) is 15.8. The summed E-state index contributed by atoms with van der Waals surface area (Å²) in [6, 6.07) is 13.0. The van der Waals surface area contributed by atoms with Gasteiger partial charge in [0.15, 0.2) is 0 Å². The number of rotatable bonds is 9. The van der Waals surface area contributed by atoms with Crippen LogP contribution in [0.2, 0.25) is 0 Å². The van der Waals surface area contributed by atoms with Crippen molar-refractivity contribution in [2.45, 2.75) is 6.42 Å². The van der Waals surface area contributed by atoms with E-state index >= 15 is 0 Å². The number of hydrogen-bond donors (Lipinski definition) is 3. The predicted molar refractivity (Wildman–Crippen MR) is 108 cm³/mol. The fraction of sp³-hybridized carbons (Fsp3) is 0.250. The van der Waals surface area contributed by atoms with Gasteiger partial charge >= 0.3 is 0 Å². The Morgan fingerprint density at radius 2 is 1.75 bits per heavy atom. The number of nitrogens with zero attached hydrogens (tertiary/aromatic N) is 3. The van der Waals surface area contributed by atoms with E-state index in [4.69, 9.17) is 14.6 Å². The second kappa shape index (κ2) is 9.52. The van der Waals surface area contributed by atoms with Crippen molar-refractivity contribution in [3.8, 4) is 22.9 Å². The molecule has 28 heavy (non-hydrogen) atoms. The van der Waals surface area contributed by atoms with Crippen molar-refractivity contribution in [1.29, 1.82) is 0 Å². The Bertz CT molecular complexity index is 883. The van der Waals surface area contributed by atoms with Crippen LogP contribution >= 0.6 is 0 Å². The Kier molecular flexibility index (Phi) is 6.59. The minimum Gasteiger partial charge on any atom is -0.497 e. The fourth-order valence-electron chi connectivity index (χ4n) is 2.54. The van der Waals surface area contributed by atoms with Crippen LogP contribution in [0.5, 0.6) is 11.5 Å². The number of ether oxygens (including phenoxy) is 2. The number of aliphatic hydroxyl groups is 1. The van der Waals surface area contributed by atoms with Crippen LogP contribution in [0, 0.1) is 0 Å². The highest BCUT2D eigenvalue weighted by Gasteiger charge is 2.09. The molecule has 0 bridgehead atoms. The molecule has 0 aliphatic heterocycles. The summed E-state index contributed by atoms with van der Waals surface area (Å²) in [4.78, 5) is 13.4. The SMILES string of the molecule is COc1cc(Nc2cc(-c3ccccn3)nc(NCCCO)n2)cc(OC)c1. The summed E-state index contributed by atoms with van der Waals surface area (Å²) in [5, 5.41) is 15.4. The quantitative estimate of drug-likeness (QED) is 0.486. The van der Waals surface area contributed by atoms with Crippen molar-refractivity contribution >= 4 is 17.5 Å². The highest BCUT2D eigenvalue weighted by Crippen LogP contribution is 2.29. The normalized spacial score (nSPS) is 10.4. The lowest BCUT2D eigenvalue weighted by Crippen LogP contribution is -2.09. The molecule has 0 unspecified atom stereocenters. The van der Waals surface area contributed by atoms with Gasteiger partial charge in [-0.1, -0.05) is 6.07 Å². The average molecular weight is 381 g/mol.